The molecule has 0 bridgehead atoms. The lowest BCUT2D eigenvalue weighted by atomic mass is 10.1. The fourth-order valence-corrected chi connectivity index (χ4v) is 1.75. The summed E-state index contributed by atoms with van der Waals surface area (Å²) in [5.74, 6) is 1.62. The summed E-state index contributed by atoms with van der Waals surface area (Å²) in [5, 5.41) is 10.1. The molecule has 1 unspecified atom stereocenters. The quantitative estimate of drug-likeness (QED) is 0.830. The van der Waals surface area contributed by atoms with Crippen LogP contribution in [0.1, 0.15) is 11.7 Å². The van der Waals surface area contributed by atoms with Crippen molar-refractivity contribution < 1.29 is 19.3 Å². The van der Waals surface area contributed by atoms with Gasteiger partial charge in [0.1, 0.15) is 0 Å². The van der Waals surface area contributed by atoms with Crippen LogP contribution >= 0.6 is 0 Å². The highest BCUT2D eigenvalue weighted by Crippen LogP contribution is 2.39. The Balaban J connectivity index is 3.14. The first kappa shape index (κ1) is 14.6. The smallest absolute Gasteiger partial charge is 0.203 e. The highest BCUT2D eigenvalue weighted by Gasteiger charge is 2.17. The standard InChI is InChI=1S/C13H21NO4/c1-14(2)8-10(15)9-6-11(16-3)13(18-5)12(7-9)17-4/h6-7,10,15H,8H2,1-5H3. The molecule has 0 radical (unpaired) electrons. The van der Waals surface area contributed by atoms with E-state index in [9.17, 15) is 5.11 Å². The third kappa shape index (κ3) is 3.27. The molecule has 1 aromatic carbocycles. The molecule has 0 aliphatic heterocycles. The van der Waals surface area contributed by atoms with Gasteiger partial charge in [0.05, 0.1) is 27.4 Å². The summed E-state index contributed by atoms with van der Waals surface area (Å²) >= 11 is 0. The molecule has 1 rings (SSSR count). The van der Waals surface area contributed by atoms with Crippen LogP contribution in [0.25, 0.3) is 0 Å². The van der Waals surface area contributed by atoms with E-state index in [0.717, 1.165) is 5.56 Å². The Bertz CT molecular complexity index is 368. The van der Waals surface area contributed by atoms with Crippen LogP contribution in [0.4, 0.5) is 0 Å². The van der Waals surface area contributed by atoms with E-state index in [1.807, 2.05) is 19.0 Å². The van der Waals surface area contributed by atoms with Crippen molar-refractivity contribution in [2.24, 2.45) is 0 Å². The molecule has 0 aliphatic carbocycles. The highest BCUT2D eigenvalue weighted by atomic mass is 16.5. The molecule has 0 heterocycles. The minimum absolute atomic E-state index is 0.526. The molecule has 0 amide bonds. The van der Waals surface area contributed by atoms with Crippen LogP contribution in [0.3, 0.4) is 0 Å². The zero-order valence-electron chi connectivity index (χ0n) is 11.6. The minimum atomic E-state index is -0.603. The van der Waals surface area contributed by atoms with E-state index >= 15 is 0 Å². The molecule has 0 fully saturated rings. The number of methoxy groups -OCH3 is 3. The number of benzene rings is 1. The normalized spacial score (nSPS) is 12.4. The van der Waals surface area contributed by atoms with Crippen LogP contribution in [0, 0.1) is 0 Å². The van der Waals surface area contributed by atoms with Crippen LogP contribution in [-0.2, 0) is 0 Å². The first-order valence-electron chi connectivity index (χ1n) is 5.66. The number of rotatable bonds is 6. The third-order valence-corrected chi connectivity index (χ3v) is 2.61. The number of ether oxygens (including phenoxy) is 3. The van der Waals surface area contributed by atoms with E-state index in [4.69, 9.17) is 14.2 Å². The first-order chi connectivity index (χ1) is 8.53. The maximum atomic E-state index is 10.1. The molecule has 102 valence electrons. The van der Waals surface area contributed by atoms with Crippen molar-refractivity contribution in [2.45, 2.75) is 6.10 Å². The lowest BCUT2D eigenvalue weighted by Crippen LogP contribution is -2.20. The number of hydrogen-bond acceptors (Lipinski definition) is 5. The number of likely N-dealkylation sites (N-methyl/N-ethyl adjacent to an activating group) is 1. The first-order valence-corrected chi connectivity index (χ1v) is 5.66. The second kappa shape index (κ2) is 6.47. The van der Waals surface area contributed by atoms with Gasteiger partial charge in [0.15, 0.2) is 11.5 Å². The van der Waals surface area contributed by atoms with Gasteiger partial charge in [0.25, 0.3) is 0 Å². The fourth-order valence-electron chi connectivity index (χ4n) is 1.75. The predicted molar refractivity (Wildman–Crippen MR) is 69.6 cm³/mol. The van der Waals surface area contributed by atoms with Crippen molar-refractivity contribution in [3.05, 3.63) is 17.7 Å². The number of nitrogens with zero attached hydrogens (tertiary/aromatic N) is 1. The SMILES string of the molecule is COc1cc(C(O)CN(C)C)cc(OC)c1OC. The van der Waals surface area contributed by atoms with Crippen molar-refractivity contribution in [1.29, 1.82) is 0 Å². The zero-order valence-corrected chi connectivity index (χ0v) is 11.6. The van der Waals surface area contributed by atoms with Crippen LogP contribution in [0.15, 0.2) is 12.1 Å². The molecule has 18 heavy (non-hydrogen) atoms. The Morgan fingerprint density at radius 2 is 1.56 bits per heavy atom. The Morgan fingerprint density at radius 1 is 1.06 bits per heavy atom. The van der Waals surface area contributed by atoms with E-state index in [1.54, 1.807) is 33.5 Å². The maximum Gasteiger partial charge on any atom is 0.203 e. The van der Waals surface area contributed by atoms with E-state index in [0.29, 0.717) is 23.8 Å². The van der Waals surface area contributed by atoms with Crippen LogP contribution in [-0.4, -0.2) is 52.0 Å². The number of aliphatic hydroxyl groups is 1. The molecule has 0 spiro atoms. The molecule has 1 aromatic rings. The van der Waals surface area contributed by atoms with Gasteiger partial charge < -0.3 is 24.2 Å². The van der Waals surface area contributed by atoms with Crippen LogP contribution in [0.5, 0.6) is 17.2 Å². The van der Waals surface area contributed by atoms with Crippen molar-refractivity contribution in [3.8, 4) is 17.2 Å². The van der Waals surface area contributed by atoms with Crippen molar-refractivity contribution >= 4 is 0 Å². The fraction of sp³-hybridized carbons (Fsp3) is 0.538. The van der Waals surface area contributed by atoms with Gasteiger partial charge >= 0.3 is 0 Å². The monoisotopic (exact) mass is 255 g/mol. The zero-order chi connectivity index (χ0) is 13.7. The topological polar surface area (TPSA) is 51.2 Å². The predicted octanol–water partition coefficient (Wildman–Crippen LogP) is 1.31. The Morgan fingerprint density at radius 3 is 1.89 bits per heavy atom. The van der Waals surface area contributed by atoms with Gasteiger partial charge in [0, 0.05) is 6.54 Å². The lowest BCUT2D eigenvalue weighted by Gasteiger charge is -2.19. The summed E-state index contributed by atoms with van der Waals surface area (Å²) in [4.78, 5) is 1.91. The summed E-state index contributed by atoms with van der Waals surface area (Å²) in [6, 6.07) is 3.52. The average Bonchev–Trinajstić information content (AvgIpc) is 2.35. The number of aliphatic hydroxyl groups excluding tert-OH is 1. The Kier molecular flexibility index (Phi) is 5.25. The molecule has 1 atom stereocenters. The van der Waals surface area contributed by atoms with Crippen molar-refractivity contribution in [2.75, 3.05) is 42.0 Å². The second-order valence-electron chi connectivity index (χ2n) is 4.24. The van der Waals surface area contributed by atoms with E-state index in [2.05, 4.69) is 0 Å². The van der Waals surface area contributed by atoms with Gasteiger partial charge in [-0.3, -0.25) is 0 Å². The van der Waals surface area contributed by atoms with Gasteiger partial charge in [-0.1, -0.05) is 0 Å². The molecule has 5 nitrogen and oxygen atoms in total. The Hall–Kier alpha value is -1.46. The summed E-state index contributed by atoms with van der Waals surface area (Å²) in [6.07, 6.45) is -0.603. The minimum Gasteiger partial charge on any atom is -0.493 e. The highest BCUT2D eigenvalue weighted by molar-refractivity contribution is 5.54. The van der Waals surface area contributed by atoms with E-state index < -0.39 is 6.10 Å². The molecule has 0 saturated carbocycles. The molecular weight excluding hydrogens is 234 g/mol. The van der Waals surface area contributed by atoms with E-state index in [-0.39, 0.29) is 0 Å². The Labute approximate surface area is 108 Å². The molecule has 5 heteroatoms. The molecule has 0 saturated heterocycles. The van der Waals surface area contributed by atoms with Crippen molar-refractivity contribution in [3.63, 3.8) is 0 Å². The molecule has 1 N–H and O–H groups in total. The van der Waals surface area contributed by atoms with Crippen LogP contribution in [0.2, 0.25) is 0 Å². The summed E-state index contributed by atoms with van der Waals surface area (Å²) in [5.41, 5.74) is 0.734. The van der Waals surface area contributed by atoms with Crippen LogP contribution < -0.4 is 14.2 Å². The average molecular weight is 255 g/mol. The van der Waals surface area contributed by atoms with Gasteiger partial charge in [-0.25, -0.2) is 0 Å². The van der Waals surface area contributed by atoms with Crippen molar-refractivity contribution in [1.82, 2.24) is 4.90 Å². The number of hydrogen-bond donors (Lipinski definition) is 1. The summed E-state index contributed by atoms with van der Waals surface area (Å²) < 4.78 is 15.7. The summed E-state index contributed by atoms with van der Waals surface area (Å²) in [7, 11) is 8.47. The van der Waals surface area contributed by atoms with Gasteiger partial charge in [-0.05, 0) is 31.8 Å². The summed E-state index contributed by atoms with van der Waals surface area (Å²) in [6.45, 7) is 0.526. The molecule has 0 aliphatic rings. The van der Waals surface area contributed by atoms with Gasteiger partial charge in [-0.15, -0.1) is 0 Å². The largest absolute Gasteiger partial charge is 0.493 e. The van der Waals surface area contributed by atoms with Gasteiger partial charge in [0.2, 0.25) is 5.75 Å². The van der Waals surface area contributed by atoms with Gasteiger partial charge in [-0.2, -0.15) is 0 Å². The maximum absolute atomic E-state index is 10.1. The second-order valence-corrected chi connectivity index (χ2v) is 4.24. The van der Waals surface area contributed by atoms with E-state index in [1.165, 1.54) is 0 Å². The molecule has 0 aromatic heterocycles. The third-order valence-electron chi connectivity index (χ3n) is 2.61. The lowest BCUT2D eigenvalue weighted by molar-refractivity contribution is 0.137. The molecular formula is C13H21NO4.